The van der Waals surface area contributed by atoms with Crippen LogP contribution < -0.4 is 4.74 Å². The number of thioether (sulfide) groups is 1. The standard InChI is InChI=1S/C18H25NO5S/c1-18(24-13-20)12-25-17(19-18)15-8-7-14(11-16(15)21)23-10-6-4-3-5-9-22-2/h7-8,11,13,21H,3-6,9-10,12H2,1-2H3/t18-/m0/s1. The van der Waals surface area contributed by atoms with Crippen LogP contribution in [0.25, 0.3) is 0 Å². The fourth-order valence-electron chi connectivity index (χ4n) is 2.46. The van der Waals surface area contributed by atoms with Gasteiger partial charge in [0.05, 0.1) is 12.4 Å². The second-order valence-electron chi connectivity index (χ2n) is 6.03. The summed E-state index contributed by atoms with van der Waals surface area (Å²) in [5.41, 5.74) is -0.248. The van der Waals surface area contributed by atoms with Crippen LogP contribution in [0.2, 0.25) is 0 Å². The molecule has 1 aromatic rings. The van der Waals surface area contributed by atoms with Crippen molar-refractivity contribution < 1.29 is 24.1 Å². The number of rotatable bonds is 11. The molecule has 1 atom stereocenters. The van der Waals surface area contributed by atoms with Gasteiger partial charge in [0.2, 0.25) is 5.72 Å². The van der Waals surface area contributed by atoms with Gasteiger partial charge in [0, 0.05) is 25.3 Å². The monoisotopic (exact) mass is 367 g/mol. The van der Waals surface area contributed by atoms with Crippen LogP contribution in [0.5, 0.6) is 11.5 Å². The number of ether oxygens (including phenoxy) is 3. The highest BCUT2D eigenvalue weighted by Crippen LogP contribution is 2.35. The highest BCUT2D eigenvalue weighted by molar-refractivity contribution is 8.14. The van der Waals surface area contributed by atoms with Gasteiger partial charge in [-0.05, 0) is 38.3 Å². The maximum absolute atomic E-state index is 10.5. The quantitative estimate of drug-likeness (QED) is 0.477. The summed E-state index contributed by atoms with van der Waals surface area (Å²) in [6.07, 6.45) is 4.25. The topological polar surface area (TPSA) is 77.3 Å². The third kappa shape index (κ3) is 5.93. The fraction of sp³-hybridized carbons (Fsp3) is 0.556. The molecule has 1 heterocycles. The van der Waals surface area contributed by atoms with Crippen LogP contribution in [0, 0.1) is 0 Å². The van der Waals surface area contributed by atoms with Gasteiger partial charge < -0.3 is 19.3 Å². The van der Waals surface area contributed by atoms with Crippen LogP contribution in [-0.4, -0.2) is 48.4 Å². The summed E-state index contributed by atoms with van der Waals surface area (Å²) >= 11 is 1.45. The van der Waals surface area contributed by atoms with E-state index in [2.05, 4.69) is 4.99 Å². The van der Waals surface area contributed by atoms with Crippen molar-refractivity contribution in [1.82, 2.24) is 0 Å². The zero-order valence-corrected chi connectivity index (χ0v) is 15.5. The molecule has 1 aliphatic heterocycles. The summed E-state index contributed by atoms with van der Waals surface area (Å²) in [4.78, 5) is 14.9. The summed E-state index contributed by atoms with van der Waals surface area (Å²) in [6.45, 7) is 3.56. The van der Waals surface area contributed by atoms with E-state index < -0.39 is 5.72 Å². The number of nitrogens with zero attached hydrogens (tertiary/aromatic N) is 1. The number of unbranched alkanes of at least 4 members (excludes halogenated alkanes) is 3. The van der Waals surface area contributed by atoms with Gasteiger partial charge in [-0.3, -0.25) is 4.79 Å². The number of phenolic OH excluding ortho intramolecular Hbond substituents is 1. The predicted octanol–water partition coefficient (Wildman–Crippen LogP) is 3.36. The Morgan fingerprint density at radius 2 is 2.04 bits per heavy atom. The molecule has 0 aliphatic carbocycles. The molecule has 0 aromatic heterocycles. The number of methoxy groups -OCH3 is 1. The van der Waals surface area contributed by atoms with Crippen molar-refractivity contribution in [2.45, 2.75) is 38.3 Å². The largest absolute Gasteiger partial charge is 0.507 e. The summed E-state index contributed by atoms with van der Waals surface area (Å²) in [6, 6.07) is 5.20. The maximum Gasteiger partial charge on any atom is 0.295 e. The van der Waals surface area contributed by atoms with E-state index in [0.717, 1.165) is 32.3 Å². The van der Waals surface area contributed by atoms with Gasteiger partial charge in [-0.15, -0.1) is 0 Å². The van der Waals surface area contributed by atoms with Crippen LogP contribution in [-0.2, 0) is 14.3 Å². The predicted molar refractivity (Wildman–Crippen MR) is 98.5 cm³/mol. The average molecular weight is 367 g/mol. The SMILES string of the molecule is COCCCCCCOc1ccc(C2=N[C@@](C)(OC=O)CS2)c(O)c1. The number of carbonyl (C=O) groups excluding carboxylic acids is 1. The zero-order chi connectivity index (χ0) is 18.1. The van der Waals surface area contributed by atoms with Crippen molar-refractivity contribution >= 4 is 23.3 Å². The molecule has 1 aliphatic rings. The van der Waals surface area contributed by atoms with Gasteiger partial charge in [-0.2, -0.15) is 0 Å². The Kier molecular flexibility index (Phi) is 7.58. The Balaban J connectivity index is 1.85. The van der Waals surface area contributed by atoms with E-state index in [4.69, 9.17) is 14.2 Å². The fourth-order valence-corrected chi connectivity index (χ4v) is 3.58. The first-order valence-corrected chi connectivity index (χ1v) is 9.36. The number of aromatic hydroxyl groups is 1. The van der Waals surface area contributed by atoms with Gasteiger partial charge in [0.15, 0.2) is 0 Å². The van der Waals surface area contributed by atoms with E-state index in [9.17, 15) is 9.90 Å². The molecule has 2 rings (SSSR count). The normalized spacial score (nSPS) is 19.5. The Labute approximate surface area is 152 Å². The summed E-state index contributed by atoms with van der Waals surface area (Å²) < 4.78 is 15.7. The lowest BCUT2D eigenvalue weighted by atomic mass is 10.2. The van der Waals surface area contributed by atoms with Crippen molar-refractivity contribution in [1.29, 1.82) is 0 Å². The van der Waals surface area contributed by atoms with Gasteiger partial charge in [0.1, 0.15) is 16.5 Å². The Morgan fingerprint density at radius 1 is 1.28 bits per heavy atom. The van der Waals surface area contributed by atoms with E-state index in [-0.39, 0.29) is 5.75 Å². The van der Waals surface area contributed by atoms with Crippen LogP contribution in [0.1, 0.15) is 38.2 Å². The Morgan fingerprint density at radius 3 is 2.72 bits per heavy atom. The van der Waals surface area contributed by atoms with Gasteiger partial charge in [-0.25, -0.2) is 4.99 Å². The molecule has 0 saturated carbocycles. The van der Waals surface area contributed by atoms with Gasteiger partial charge in [-0.1, -0.05) is 18.2 Å². The molecule has 0 unspecified atom stereocenters. The van der Waals surface area contributed by atoms with Gasteiger partial charge >= 0.3 is 0 Å². The Bertz CT molecular complexity index is 607. The first kappa shape index (κ1) is 19.6. The number of phenols is 1. The number of hydrogen-bond donors (Lipinski definition) is 1. The maximum atomic E-state index is 10.5. The van der Waals surface area contributed by atoms with Crippen LogP contribution in [0.3, 0.4) is 0 Å². The molecule has 0 amide bonds. The summed E-state index contributed by atoms with van der Waals surface area (Å²) in [7, 11) is 1.71. The second-order valence-corrected chi connectivity index (χ2v) is 6.99. The second kappa shape index (κ2) is 9.68. The Hall–Kier alpha value is -1.73. The minimum Gasteiger partial charge on any atom is -0.507 e. The van der Waals surface area contributed by atoms with Crippen molar-refractivity contribution in [3.8, 4) is 11.5 Å². The van der Waals surface area contributed by atoms with Crippen LogP contribution in [0.15, 0.2) is 23.2 Å². The smallest absolute Gasteiger partial charge is 0.295 e. The van der Waals surface area contributed by atoms with E-state index in [1.54, 1.807) is 26.2 Å². The van der Waals surface area contributed by atoms with Crippen molar-refractivity contribution in [3.63, 3.8) is 0 Å². The van der Waals surface area contributed by atoms with E-state index in [0.29, 0.717) is 35.2 Å². The number of hydrogen-bond acceptors (Lipinski definition) is 7. The third-order valence-electron chi connectivity index (χ3n) is 3.83. The van der Waals surface area contributed by atoms with Crippen LogP contribution in [0.4, 0.5) is 0 Å². The molecule has 0 fully saturated rings. The summed E-state index contributed by atoms with van der Waals surface area (Å²) in [5.74, 6) is 1.27. The molecule has 6 nitrogen and oxygen atoms in total. The third-order valence-corrected chi connectivity index (χ3v) is 5.09. The van der Waals surface area contributed by atoms with Crippen LogP contribution >= 0.6 is 11.8 Å². The van der Waals surface area contributed by atoms with Gasteiger partial charge in [0.25, 0.3) is 6.47 Å². The zero-order valence-electron chi connectivity index (χ0n) is 14.7. The number of aliphatic imine (C=N–C) groups is 1. The lowest BCUT2D eigenvalue weighted by molar-refractivity contribution is -0.138. The van der Waals surface area contributed by atoms with Crippen molar-refractivity contribution in [3.05, 3.63) is 23.8 Å². The van der Waals surface area contributed by atoms with Crippen molar-refractivity contribution in [2.75, 3.05) is 26.1 Å². The molecule has 1 N–H and O–H groups in total. The molecule has 0 spiro atoms. The molecular formula is C18H25NO5S. The number of carbonyl (C=O) groups is 1. The first-order chi connectivity index (χ1) is 12.1. The minimum absolute atomic E-state index is 0.110. The molecule has 25 heavy (non-hydrogen) atoms. The highest BCUT2D eigenvalue weighted by atomic mass is 32.2. The van der Waals surface area contributed by atoms with E-state index >= 15 is 0 Å². The number of benzene rings is 1. The molecule has 7 heteroatoms. The lowest BCUT2D eigenvalue weighted by Gasteiger charge is -2.16. The molecule has 0 saturated heterocycles. The molecule has 138 valence electrons. The molecular weight excluding hydrogens is 342 g/mol. The molecule has 0 radical (unpaired) electrons. The lowest BCUT2D eigenvalue weighted by Crippen LogP contribution is -2.25. The highest BCUT2D eigenvalue weighted by Gasteiger charge is 2.33. The summed E-state index contributed by atoms with van der Waals surface area (Å²) in [5, 5.41) is 10.9. The van der Waals surface area contributed by atoms with Crippen molar-refractivity contribution in [2.24, 2.45) is 4.99 Å². The average Bonchev–Trinajstić information content (AvgIpc) is 2.96. The van der Waals surface area contributed by atoms with E-state index in [1.165, 1.54) is 11.8 Å². The first-order valence-electron chi connectivity index (χ1n) is 8.37. The minimum atomic E-state index is -0.869. The molecule has 0 bridgehead atoms. The molecule has 1 aromatic carbocycles. The van der Waals surface area contributed by atoms with E-state index in [1.807, 2.05) is 6.07 Å².